The first kappa shape index (κ1) is 26.5. The van der Waals surface area contributed by atoms with Crippen molar-refractivity contribution in [1.29, 1.82) is 0 Å². The van der Waals surface area contributed by atoms with Crippen molar-refractivity contribution < 1.29 is 34.3 Å². The van der Waals surface area contributed by atoms with Gasteiger partial charge in [-0.05, 0) is 48.2 Å². The maximum absolute atomic E-state index is 13.7. The fourth-order valence-electron chi connectivity index (χ4n) is 4.18. The summed E-state index contributed by atoms with van der Waals surface area (Å²) in [4.78, 5) is 1.88. The van der Waals surface area contributed by atoms with Gasteiger partial charge in [-0.15, -0.1) is 0 Å². The minimum Gasteiger partial charge on any atom is -0.497 e. The summed E-state index contributed by atoms with van der Waals surface area (Å²) in [7, 11) is 1.52. The van der Waals surface area contributed by atoms with E-state index in [9.17, 15) is 24.8 Å². The maximum Gasteiger partial charge on any atom is 0.127 e. The summed E-state index contributed by atoms with van der Waals surface area (Å²) in [6.45, 7) is 2.34. The smallest absolute Gasteiger partial charge is 0.127 e. The second kappa shape index (κ2) is 13.1. The van der Waals surface area contributed by atoms with Crippen LogP contribution in [-0.4, -0.2) is 83.1 Å². The summed E-state index contributed by atoms with van der Waals surface area (Å²) in [5.74, 6) is 0.155. The van der Waals surface area contributed by atoms with Crippen LogP contribution in [0.25, 0.3) is 11.1 Å². The summed E-state index contributed by atoms with van der Waals surface area (Å²) >= 11 is 0. The number of hydrogen-bond acceptors (Lipinski definition) is 7. The Labute approximate surface area is 200 Å². The van der Waals surface area contributed by atoms with Crippen LogP contribution >= 0.6 is 0 Å². The van der Waals surface area contributed by atoms with E-state index in [2.05, 4.69) is 0 Å². The van der Waals surface area contributed by atoms with Crippen LogP contribution in [0.5, 0.6) is 5.75 Å². The lowest BCUT2D eigenvalue weighted by Crippen LogP contribution is -2.43. The van der Waals surface area contributed by atoms with Crippen molar-refractivity contribution in [2.24, 2.45) is 0 Å². The molecular formula is C26H36FNO6. The first-order valence-corrected chi connectivity index (χ1v) is 11.8. The average Bonchev–Trinajstić information content (AvgIpc) is 2.92. The molecule has 3 rings (SSSR count). The van der Waals surface area contributed by atoms with Crippen LogP contribution in [0.3, 0.4) is 0 Å². The van der Waals surface area contributed by atoms with Gasteiger partial charge >= 0.3 is 0 Å². The number of likely N-dealkylation sites (tertiary alicyclic amines) is 1. The Hall–Kier alpha value is -2.07. The molecule has 4 atom stereocenters. The Morgan fingerprint density at radius 3 is 2.15 bits per heavy atom. The zero-order chi connectivity index (χ0) is 24.5. The molecule has 2 aromatic carbocycles. The van der Waals surface area contributed by atoms with Gasteiger partial charge in [-0.3, -0.25) is 4.90 Å². The molecule has 0 spiro atoms. The minimum atomic E-state index is -1.32. The summed E-state index contributed by atoms with van der Waals surface area (Å²) in [6, 6.07) is 12.5. The first-order chi connectivity index (χ1) is 16.4. The molecule has 0 unspecified atom stereocenters. The van der Waals surface area contributed by atoms with Gasteiger partial charge in [0.15, 0.2) is 0 Å². The number of ether oxygens (including phenoxy) is 2. The monoisotopic (exact) mass is 477 g/mol. The highest BCUT2D eigenvalue weighted by atomic mass is 19.1. The van der Waals surface area contributed by atoms with Gasteiger partial charge in [-0.2, -0.15) is 0 Å². The zero-order valence-electron chi connectivity index (χ0n) is 19.6. The molecule has 1 saturated heterocycles. The van der Waals surface area contributed by atoms with Crippen molar-refractivity contribution in [1.82, 2.24) is 4.90 Å². The highest BCUT2D eigenvalue weighted by molar-refractivity contribution is 5.65. The molecule has 0 aliphatic carbocycles. The molecule has 1 aliphatic rings. The lowest BCUT2D eigenvalue weighted by molar-refractivity contribution is -0.0894. The molecule has 1 heterocycles. The van der Waals surface area contributed by atoms with E-state index >= 15 is 0 Å². The van der Waals surface area contributed by atoms with E-state index in [1.807, 2.05) is 29.2 Å². The van der Waals surface area contributed by atoms with E-state index in [0.29, 0.717) is 25.5 Å². The van der Waals surface area contributed by atoms with Gasteiger partial charge in [0, 0.05) is 25.8 Å². The normalized spacial score (nSPS) is 23.6. The molecule has 188 valence electrons. The van der Waals surface area contributed by atoms with Gasteiger partial charge in [-0.25, -0.2) is 4.39 Å². The molecule has 1 aliphatic heterocycles. The minimum absolute atomic E-state index is 0.240. The Morgan fingerprint density at radius 2 is 1.50 bits per heavy atom. The van der Waals surface area contributed by atoms with E-state index in [1.165, 1.54) is 19.2 Å². The molecule has 1 fully saturated rings. The summed E-state index contributed by atoms with van der Waals surface area (Å²) < 4.78 is 24.6. The van der Waals surface area contributed by atoms with Crippen LogP contribution < -0.4 is 4.74 Å². The number of methoxy groups -OCH3 is 1. The van der Waals surface area contributed by atoms with E-state index in [1.54, 1.807) is 6.07 Å². The standard InChI is InChI=1S/C26H36FNO6/c1-33-22-13-20(12-21(27)14-22)19-8-6-18(7-9-19)17-34-11-5-3-2-4-10-28-15-23(29)25(31)26(32)24(30)16-28/h6-9,12-14,23-26,29-32H,2-5,10-11,15-17H2,1H3/t23-,24-,25+,26+/m0/s1. The van der Waals surface area contributed by atoms with Gasteiger partial charge in [0.1, 0.15) is 23.8 Å². The quantitative estimate of drug-likeness (QED) is 0.369. The highest BCUT2D eigenvalue weighted by Crippen LogP contribution is 2.26. The second-order valence-electron chi connectivity index (χ2n) is 8.92. The molecule has 34 heavy (non-hydrogen) atoms. The fraction of sp³-hybridized carbons (Fsp3) is 0.538. The Kier molecular flexibility index (Phi) is 10.2. The maximum atomic E-state index is 13.7. The third-order valence-electron chi connectivity index (χ3n) is 6.20. The average molecular weight is 478 g/mol. The van der Waals surface area contributed by atoms with Gasteiger partial charge in [0.05, 0.1) is 25.9 Å². The molecule has 0 radical (unpaired) electrons. The molecule has 0 amide bonds. The summed E-state index contributed by atoms with van der Waals surface area (Å²) in [6.07, 6.45) is -0.941. The number of halogens is 1. The summed E-state index contributed by atoms with van der Waals surface area (Å²) in [5, 5.41) is 39.4. The lowest BCUT2D eigenvalue weighted by atomic mass is 10.0. The van der Waals surface area contributed by atoms with Crippen molar-refractivity contribution in [3.05, 3.63) is 53.8 Å². The number of unbranched alkanes of at least 4 members (excludes halogenated alkanes) is 3. The molecule has 0 bridgehead atoms. The first-order valence-electron chi connectivity index (χ1n) is 11.8. The molecule has 0 saturated carbocycles. The Balaban J connectivity index is 1.30. The number of aliphatic hydroxyl groups excluding tert-OH is 4. The topological polar surface area (TPSA) is 103 Å². The van der Waals surface area contributed by atoms with Crippen molar-refractivity contribution >= 4 is 0 Å². The number of hydrogen-bond donors (Lipinski definition) is 4. The Bertz CT molecular complexity index is 864. The second-order valence-corrected chi connectivity index (χ2v) is 8.92. The van der Waals surface area contributed by atoms with Gasteiger partial charge in [-0.1, -0.05) is 37.1 Å². The number of rotatable bonds is 11. The van der Waals surface area contributed by atoms with Crippen LogP contribution in [0.2, 0.25) is 0 Å². The molecule has 4 N–H and O–H groups in total. The molecule has 0 aromatic heterocycles. The zero-order valence-corrected chi connectivity index (χ0v) is 19.6. The third-order valence-corrected chi connectivity index (χ3v) is 6.20. The van der Waals surface area contributed by atoms with Crippen molar-refractivity contribution in [3.63, 3.8) is 0 Å². The van der Waals surface area contributed by atoms with Crippen molar-refractivity contribution in [2.45, 2.75) is 56.7 Å². The predicted octanol–water partition coefficient (Wildman–Crippen LogP) is 2.34. The van der Waals surface area contributed by atoms with E-state index in [4.69, 9.17) is 9.47 Å². The highest BCUT2D eigenvalue weighted by Gasteiger charge is 2.35. The largest absolute Gasteiger partial charge is 0.497 e. The SMILES string of the molecule is COc1cc(F)cc(-c2ccc(COCCCCCCN3C[C@H](O)[C@@H](O)[C@H](O)[C@@H](O)C3)cc2)c1. The summed E-state index contributed by atoms with van der Waals surface area (Å²) in [5.41, 5.74) is 2.73. The number of nitrogens with zero attached hydrogens (tertiary/aromatic N) is 1. The third kappa shape index (κ3) is 7.73. The van der Waals surface area contributed by atoms with Gasteiger partial charge < -0.3 is 29.9 Å². The molecule has 7 nitrogen and oxygen atoms in total. The van der Waals surface area contributed by atoms with Crippen LogP contribution in [0, 0.1) is 5.82 Å². The van der Waals surface area contributed by atoms with Crippen LogP contribution in [0.15, 0.2) is 42.5 Å². The van der Waals surface area contributed by atoms with E-state index in [0.717, 1.165) is 42.4 Å². The molecular weight excluding hydrogens is 441 g/mol. The predicted molar refractivity (Wildman–Crippen MR) is 127 cm³/mol. The number of aliphatic hydroxyl groups is 4. The van der Waals surface area contributed by atoms with Gasteiger partial charge in [0.2, 0.25) is 0 Å². The van der Waals surface area contributed by atoms with Crippen molar-refractivity contribution in [3.8, 4) is 16.9 Å². The van der Waals surface area contributed by atoms with Gasteiger partial charge in [0.25, 0.3) is 0 Å². The molecule has 8 heteroatoms. The van der Waals surface area contributed by atoms with Crippen LogP contribution in [0.4, 0.5) is 4.39 Å². The number of benzene rings is 2. The number of β-amino-alcohol motifs (C(OH)–C–C–N with tert-alkyl or cyclic N) is 2. The van der Waals surface area contributed by atoms with E-state index in [-0.39, 0.29) is 18.9 Å². The lowest BCUT2D eigenvalue weighted by Gasteiger charge is -2.23. The van der Waals surface area contributed by atoms with Crippen molar-refractivity contribution in [2.75, 3.05) is 33.4 Å². The van der Waals surface area contributed by atoms with E-state index < -0.39 is 24.4 Å². The molecule has 2 aromatic rings. The van der Waals surface area contributed by atoms with Crippen LogP contribution in [0.1, 0.15) is 31.2 Å². The Morgan fingerprint density at radius 1 is 0.853 bits per heavy atom. The fourth-order valence-corrected chi connectivity index (χ4v) is 4.18. The van der Waals surface area contributed by atoms with Crippen LogP contribution in [-0.2, 0) is 11.3 Å².